The van der Waals surface area contributed by atoms with Crippen molar-refractivity contribution in [1.82, 2.24) is 9.97 Å². The average Bonchev–Trinajstić information content (AvgIpc) is 2.52. The van der Waals surface area contributed by atoms with Crippen LogP contribution in [0.1, 0.15) is 37.7 Å². The topological polar surface area (TPSA) is 55.3 Å². The summed E-state index contributed by atoms with van der Waals surface area (Å²) in [5.41, 5.74) is -0.396. The predicted octanol–water partition coefficient (Wildman–Crippen LogP) is 4.75. The molecule has 0 spiro atoms. The molecule has 2 aromatic rings. The zero-order valence-electron chi connectivity index (χ0n) is 15.0. The van der Waals surface area contributed by atoms with Crippen LogP contribution in [0.3, 0.4) is 0 Å². The highest BCUT2D eigenvalue weighted by Crippen LogP contribution is 2.30. The number of aromatic nitrogens is 2. The molecule has 0 saturated heterocycles. The molecule has 0 fully saturated rings. The molecular weight excluding hydrogens is 347 g/mol. The molecule has 5 nitrogen and oxygen atoms in total. The number of rotatable bonds is 3. The lowest BCUT2D eigenvalue weighted by molar-refractivity contribution is -0.141. The molecule has 140 valence electrons. The Labute approximate surface area is 149 Å². The van der Waals surface area contributed by atoms with E-state index in [1.807, 2.05) is 13.0 Å². The molecule has 0 aromatic carbocycles. The fourth-order valence-electron chi connectivity index (χ4n) is 2.07. The summed E-state index contributed by atoms with van der Waals surface area (Å²) in [5.74, 6) is 0. The van der Waals surface area contributed by atoms with E-state index in [0.717, 1.165) is 22.7 Å². The summed E-state index contributed by atoms with van der Waals surface area (Å²) in [7, 11) is 0. The summed E-state index contributed by atoms with van der Waals surface area (Å²) >= 11 is 0. The number of nitrogens with zero attached hydrogens (tertiary/aromatic N) is 3. The summed E-state index contributed by atoms with van der Waals surface area (Å²) in [6.45, 7) is 6.88. The Morgan fingerprint density at radius 1 is 1.15 bits per heavy atom. The molecule has 0 aliphatic rings. The van der Waals surface area contributed by atoms with Crippen LogP contribution in [0.25, 0.3) is 0 Å². The van der Waals surface area contributed by atoms with Crippen molar-refractivity contribution in [3.8, 4) is 0 Å². The van der Waals surface area contributed by atoms with Crippen molar-refractivity contribution in [3.05, 3.63) is 53.6 Å². The number of anilines is 1. The van der Waals surface area contributed by atoms with Crippen LogP contribution in [0.15, 0.2) is 36.7 Å². The Balaban J connectivity index is 2.39. The first kappa shape index (κ1) is 19.7. The Bertz CT molecular complexity index is 768. The first-order valence-electron chi connectivity index (χ1n) is 7.91. The van der Waals surface area contributed by atoms with Crippen LogP contribution in [0.5, 0.6) is 0 Å². The number of aryl methyl sites for hydroxylation is 1. The van der Waals surface area contributed by atoms with Gasteiger partial charge in [0.15, 0.2) is 0 Å². The molecule has 0 aliphatic heterocycles. The Morgan fingerprint density at radius 2 is 1.85 bits per heavy atom. The highest BCUT2D eigenvalue weighted by molar-refractivity contribution is 5.87. The fourth-order valence-corrected chi connectivity index (χ4v) is 2.07. The van der Waals surface area contributed by atoms with Crippen LogP contribution in [-0.4, -0.2) is 21.7 Å². The molecule has 0 saturated carbocycles. The van der Waals surface area contributed by atoms with Crippen molar-refractivity contribution in [2.24, 2.45) is 0 Å². The zero-order chi connectivity index (χ0) is 19.5. The van der Waals surface area contributed by atoms with E-state index in [-0.39, 0.29) is 12.2 Å². The lowest BCUT2D eigenvalue weighted by Crippen LogP contribution is -2.37. The summed E-state index contributed by atoms with van der Waals surface area (Å²) < 4.78 is 44.2. The summed E-state index contributed by atoms with van der Waals surface area (Å²) in [5, 5.41) is 0. The number of carbonyl (C=O) groups is 1. The van der Waals surface area contributed by atoms with Crippen molar-refractivity contribution in [1.29, 1.82) is 0 Å². The molecule has 0 unspecified atom stereocenters. The maximum Gasteiger partial charge on any atom is 0.433 e. The average molecular weight is 367 g/mol. The van der Waals surface area contributed by atoms with Crippen molar-refractivity contribution < 1.29 is 22.7 Å². The molecule has 0 atom stereocenters. The Morgan fingerprint density at radius 3 is 2.38 bits per heavy atom. The SMILES string of the molecule is Cc1ccc(CN(C(=O)OC(C)(C)C)c2ccnc(C(F)(F)F)c2)nc1. The minimum absolute atomic E-state index is 0.0312. The van der Waals surface area contributed by atoms with E-state index < -0.39 is 23.6 Å². The summed E-state index contributed by atoms with van der Waals surface area (Å²) in [6.07, 6.45) is -2.74. The maximum atomic E-state index is 13.0. The number of carbonyl (C=O) groups excluding carboxylic acids is 1. The fraction of sp³-hybridized carbons (Fsp3) is 0.389. The largest absolute Gasteiger partial charge is 0.443 e. The van der Waals surface area contributed by atoms with Crippen LogP contribution in [0.2, 0.25) is 0 Å². The molecule has 0 radical (unpaired) electrons. The van der Waals surface area contributed by atoms with E-state index >= 15 is 0 Å². The highest BCUT2D eigenvalue weighted by Gasteiger charge is 2.34. The van der Waals surface area contributed by atoms with Crippen LogP contribution in [0, 0.1) is 6.92 Å². The summed E-state index contributed by atoms with van der Waals surface area (Å²) in [6, 6.07) is 5.66. The third kappa shape index (κ3) is 5.44. The second kappa shape index (κ2) is 7.31. The minimum Gasteiger partial charge on any atom is -0.443 e. The van der Waals surface area contributed by atoms with Crippen LogP contribution in [0.4, 0.5) is 23.7 Å². The molecular formula is C18H20F3N3O2. The van der Waals surface area contributed by atoms with Gasteiger partial charge in [-0.15, -0.1) is 0 Å². The van der Waals surface area contributed by atoms with Gasteiger partial charge in [-0.1, -0.05) is 6.07 Å². The quantitative estimate of drug-likeness (QED) is 0.786. The maximum absolute atomic E-state index is 13.0. The number of pyridine rings is 2. The van der Waals surface area contributed by atoms with Crippen LogP contribution >= 0.6 is 0 Å². The van der Waals surface area contributed by atoms with Gasteiger partial charge in [0.25, 0.3) is 0 Å². The molecule has 8 heteroatoms. The van der Waals surface area contributed by atoms with E-state index in [4.69, 9.17) is 4.74 Å². The van der Waals surface area contributed by atoms with Gasteiger partial charge in [-0.25, -0.2) is 4.79 Å². The van der Waals surface area contributed by atoms with Gasteiger partial charge in [-0.3, -0.25) is 14.9 Å². The Kier molecular flexibility index (Phi) is 5.53. The molecule has 2 rings (SSSR count). The number of ether oxygens (including phenoxy) is 1. The van der Waals surface area contributed by atoms with E-state index in [1.165, 1.54) is 6.07 Å². The number of alkyl halides is 3. The third-order valence-electron chi connectivity index (χ3n) is 3.25. The smallest absolute Gasteiger partial charge is 0.433 e. The van der Waals surface area contributed by atoms with E-state index in [0.29, 0.717) is 5.69 Å². The number of hydrogen-bond donors (Lipinski definition) is 0. The second-order valence-electron chi connectivity index (χ2n) is 6.79. The number of halogens is 3. The van der Waals surface area contributed by atoms with Gasteiger partial charge in [0, 0.05) is 12.4 Å². The lowest BCUT2D eigenvalue weighted by Gasteiger charge is -2.27. The van der Waals surface area contributed by atoms with Crippen LogP contribution in [-0.2, 0) is 17.5 Å². The van der Waals surface area contributed by atoms with Crippen LogP contribution < -0.4 is 4.90 Å². The standard InChI is InChI=1S/C18H20F3N3O2/c1-12-5-6-13(23-10-12)11-24(16(25)26-17(2,3)4)14-7-8-22-15(9-14)18(19,20)21/h5-10H,11H2,1-4H3. The van der Waals surface area contributed by atoms with E-state index in [9.17, 15) is 18.0 Å². The molecule has 0 bridgehead atoms. The number of hydrogen-bond acceptors (Lipinski definition) is 4. The summed E-state index contributed by atoms with van der Waals surface area (Å²) in [4.78, 5) is 21.2. The molecule has 2 heterocycles. The van der Waals surface area contributed by atoms with E-state index in [1.54, 1.807) is 33.0 Å². The lowest BCUT2D eigenvalue weighted by atomic mass is 10.2. The minimum atomic E-state index is -4.61. The first-order chi connectivity index (χ1) is 12.0. The van der Waals surface area contributed by atoms with Crippen molar-refractivity contribution in [2.75, 3.05) is 4.90 Å². The normalized spacial score (nSPS) is 12.0. The molecule has 0 N–H and O–H groups in total. The monoisotopic (exact) mass is 367 g/mol. The zero-order valence-corrected chi connectivity index (χ0v) is 15.0. The second-order valence-corrected chi connectivity index (χ2v) is 6.79. The van der Waals surface area contributed by atoms with Crippen molar-refractivity contribution in [3.63, 3.8) is 0 Å². The van der Waals surface area contributed by atoms with Crippen molar-refractivity contribution in [2.45, 2.75) is 46.0 Å². The van der Waals surface area contributed by atoms with Gasteiger partial charge in [0.05, 0.1) is 17.9 Å². The van der Waals surface area contributed by atoms with Crippen molar-refractivity contribution >= 4 is 11.8 Å². The van der Waals surface area contributed by atoms with Gasteiger partial charge >= 0.3 is 12.3 Å². The van der Waals surface area contributed by atoms with Gasteiger partial charge in [0.2, 0.25) is 0 Å². The molecule has 2 aromatic heterocycles. The first-order valence-corrected chi connectivity index (χ1v) is 7.91. The molecule has 0 aliphatic carbocycles. The van der Waals surface area contributed by atoms with Gasteiger partial charge in [-0.2, -0.15) is 13.2 Å². The highest BCUT2D eigenvalue weighted by atomic mass is 19.4. The third-order valence-corrected chi connectivity index (χ3v) is 3.25. The van der Waals surface area contributed by atoms with Gasteiger partial charge in [-0.05, 0) is 51.5 Å². The van der Waals surface area contributed by atoms with Gasteiger partial charge < -0.3 is 4.74 Å². The predicted molar refractivity (Wildman–Crippen MR) is 90.6 cm³/mol. The Hall–Kier alpha value is -2.64. The molecule has 1 amide bonds. The molecule has 26 heavy (non-hydrogen) atoms. The van der Waals surface area contributed by atoms with E-state index in [2.05, 4.69) is 9.97 Å². The number of amides is 1. The van der Waals surface area contributed by atoms with Gasteiger partial charge in [0.1, 0.15) is 11.3 Å².